The zero-order chi connectivity index (χ0) is 7.94. The Morgan fingerprint density at radius 1 is 1.36 bits per heavy atom. The van der Waals surface area contributed by atoms with E-state index in [1.807, 2.05) is 7.05 Å². The fraction of sp³-hybridized carbons (Fsp3) is 1.00. The fourth-order valence-electron chi connectivity index (χ4n) is 1.60. The van der Waals surface area contributed by atoms with Gasteiger partial charge in [-0.2, -0.15) is 11.8 Å². The second-order valence-corrected chi connectivity index (χ2v) is 4.53. The minimum absolute atomic E-state index is 1.05. The summed E-state index contributed by atoms with van der Waals surface area (Å²) in [6.07, 6.45) is 5.75. The number of hydrogen-bond donors (Lipinski definition) is 1. The normalized spacial score (nSPS) is 20.5. The van der Waals surface area contributed by atoms with Crippen molar-refractivity contribution in [2.75, 3.05) is 25.1 Å². The van der Waals surface area contributed by atoms with E-state index in [4.69, 9.17) is 0 Å². The third kappa shape index (κ3) is 4.02. The van der Waals surface area contributed by atoms with E-state index in [0.717, 1.165) is 5.92 Å². The number of thioether (sulfide) groups is 1. The molecule has 1 fully saturated rings. The second-order valence-electron chi connectivity index (χ2n) is 3.30. The Morgan fingerprint density at radius 2 is 2.09 bits per heavy atom. The molecule has 0 atom stereocenters. The molecule has 0 aromatic carbocycles. The zero-order valence-electron chi connectivity index (χ0n) is 7.44. The molecule has 0 saturated carbocycles. The average molecular weight is 173 g/mol. The van der Waals surface area contributed by atoms with Crippen molar-refractivity contribution >= 4 is 11.8 Å². The Bertz CT molecular complexity index is 89.6. The third-order valence-corrected chi connectivity index (χ3v) is 3.43. The highest BCUT2D eigenvalue weighted by Gasteiger charge is 2.12. The molecule has 1 heterocycles. The smallest absolute Gasteiger partial charge is 0.00518 e. The standard InChI is InChI=1S/C9H19NS/c1-10-6-2-3-9-4-7-11-8-5-9/h9-10H,2-8H2,1H3. The van der Waals surface area contributed by atoms with E-state index in [1.165, 1.54) is 43.7 Å². The first-order chi connectivity index (χ1) is 5.43. The van der Waals surface area contributed by atoms with Crippen molar-refractivity contribution in [1.29, 1.82) is 0 Å². The van der Waals surface area contributed by atoms with Gasteiger partial charge in [0.25, 0.3) is 0 Å². The molecule has 2 heteroatoms. The highest BCUT2D eigenvalue weighted by atomic mass is 32.2. The monoisotopic (exact) mass is 173 g/mol. The van der Waals surface area contributed by atoms with Crippen molar-refractivity contribution in [2.45, 2.75) is 25.7 Å². The van der Waals surface area contributed by atoms with Crippen LogP contribution >= 0.6 is 11.8 Å². The van der Waals surface area contributed by atoms with E-state index in [9.17, 15) is 0 Å². The first kappa shape index (κ1) is 9.40. The van der Waals surface area contributed by atoms with Crippen LogP contribution in [-0.4, -0.2) is 25.1 Å². The van der Waals surface area contributed by atoms with Crippen LogP contribution in [0.4, 0.5) is 0 Å². The summed E-state index contributed by atoms with van der Waals surface area (Å²) in [4.78, 5) is 0. The van der Waals surface area contributed by atoms with Crippen LogP contribution in [0.2, 0.25) is 0 Å². The van der Waals surface area contributed by atoms with Gasteiger partial charge in [0.2, 0.25) is 0 Å². The maximum absolute atomic E-state index is 3.20. The molecule has 11 heavy (non-hydrogen) atoms. The van der Waals surface area contributed by atoms with Crippen LogP contribution < -0.4 is 5.32 Å². The second kappa shape index (κ2) is 5.90. The largest absolute Gasteiger partial charge is 0.320 e. The van der Waals surface area contributed by atoms with E-state index < -0.39 is 0 Å². The average Bonchev–Trinajstić information content (AvgIpc) is 2.07. The van der Waals surface area contributed by atoms with Gasteiger partial charge >= 0.3 is 0 Å². The van der Waals surface area contributed by atoms with Gasteiger partial charge in [0.15, 0.2) is 0 Å². The summed E-state index contributed by atoms with van der Waals surface area (Å²) in [5.41, 5.74) is 0. The van der Waals surface area contributed by atoms with Gasteiger partial charge in [-0.05, 0) is 56.7 Å². The van der Waals surface area contributed by atoms with Crippen molar-refractivity contribution < 1.29 is 0 Å². The highest BCUT2D eigenvalue weighted by molar-refractivity contribution is 7.99. The van der Waals surface area contributed by atoms with Crippen LogP contribution in [0.5, 0.6) is 0 Å². The summed E-state index contributed by atoms with van der Waals surface area (Å²) in [7, 11) is 2.04. The molecular weight excluding hydrogens is 154 g/mol. The lowest BCUT2D eigenvalue weighted by Crippen LogP contribution is -2.13. The number of hydrogen-bond acceptors (Lipinski definition) is 2. The first-order valence-electron chi connectivity index (χ1n) is 4.66. The Labute approximate surface area is 74.3 Å². The van der Waals surface area contributed by atoms with E-state index in [1.54, 1.807) is 0 Å². The van der Waals surface area contributed by atoms with E-state index in [-0.39, 0.29) is 0 Å². The van der Waals surface area contributed by atoms with Crippen molar-refractivity contribution in [3.05, 3.63) is 0 Å². The van der Waals surface area contributed by atoms with Crippen molar-refractivity contribution in [3.63, 3.8) is 0 Å². The molecule has 0 amide bonds. The van der Waals surface area contributed by atoms with Crippen LogP contribution in [-0.2, 0) is 0 Å². The Kier molecular flexibility index (Phi) is 5.04. The van der Waals surface area contributed by atoms with Gasteiger partial charge in [0.1, 0.15) is 0 Å². The SMILES string of the molecule is CNCCCC1CCSCC1. The molecule has 0 bridgehead atoms. The summed E-state index contributed by atoms with van der Waals surface area (Å²) in [5.74, 6) is 3.86. The van der Waals surface area contributed by atoms with Gasteiger partial charge in [0.05, 0.1) is 0 Å². The lowest BCUT2D eigenvalue weighted by atomic mass is 9.97. The van der Waals surface area contributed by atoms with Crippen LogP contribution in [0, 0.1) is 5.92 Å². The van der Waals surface area contributed by atoms with Gasteiger partial charge in [-0.25, -0.2) is 0 Å². The minimum Gasteiger partial charge on any atom is -0.320 e. The predicted octanol–water partition coefficient (Wildman–Crippen LogP) is 2.13. The first-order valence-corrected chi connectivity index (χ1v) is 5.81. The van der Waals surface area contributed by atoms with Gasteiger partial charge < -0.3 is 5.32 Å². The maximum Gasteiger partial charge on any atom is -0.00518 e. The molecule has 0 spiro atoms. The molecule has 0 aliphatic carbocycles. The zero-order valence-corrected chi connectivity index (χ0v) is 8.25. The molecule has 1 saturated heterocycles. The molecule has 66 valence electrons. The van der Waals surface area contributed by atoms with Gasteiger partial charge in [0, 0.05) is 0 Å². The van der Waals surface area contributed by atoms with Crippen LogP contribution in [0.25, 0.3) is 0 Å². The molecular formula is C9H19NS. The summed E-state index contributed by atoms with van der Waals surface area (Å²) < 4.78 is 0. The van der Waals surface area contributed by atoms with Gasteiger partial charge in [-0.15, -0.1) is 0 Å². The molecule has 0 unspecified atom stereocenters. The molecule has 1 N–H and O–H groups in total. The topological polar surface area (TPSA) is 12.0 Å². The van der Waals surface area contributed by atoms with Crippen molar-refractivity contribution in [3.8, 4) is 0 Å². The lowest BCUT2D eigenvalue weighted by molar-refractivity contribution is 0.435. The summed E-state index contributed by atoms with van der Waals surface area (Å²) >= 11 is 2.12. The highest BCUT2D eigenvalue weighted by Crippen LogP contribution is 2.25. The quantitative estimate of drug-likeness (QED) is 0.654. The van der Waals surface area contributed by atoms with E-state index in [2.05, 4.69) is 17.1 Å². The van der Waals surface area contributed by atoms with Crippen LogP contribution in [0.1, 0.15) is 25.7 Å². The minimum atomic E-state index is 1.05. The summed E-state index contributed by atoms with van der Waals surface area (Å²) in [6, 6.07) is 0. The van der Waals surface area contributed by atoms with Crippen molar-refractivity contribution in [2.24, 2.45) is 5.92 Å². The lowest BCUT2D eigenvalue weighted by Gasteiger charge is -2.20. The van der Waals surface area contributed by atoms with Crippen LogP contribution in [0.3, 0.4) is 0 Å². The van der Waals surface area contributed by atoms with Gasteiger partial charge in [-0.1, -0.05) is 0 Å². The molecule has 1 aliphatic heterocycles. The van der Waals surface area contributed by atoms with Gasteiger partial charge in [-0.3, -0.25) is 0 Å². The maximum atomic E-state index is 3.20. The Balaban J connectivity index is 1.96. The molecule has 1 rings (SSSR count). The number of nitrogens with one attached hydrogen (secondary N) is 1. The third-order valence-electron chi connectivity index (χ3n) is 2.38. The predicted molar refractivity (Wildman–Crippen MR) is 53.2 cm³/mol. The fourth-order valence-corrected chi connectivity index (χ4v) is 2.81. The molecule has 1 aliphatic rings. The molecule has 0 aromatic rings. The molecule has 0 radical (unpaired) electrons. The van der Waals surface area contributed by atoms with E-state index >= 15 is 0 Å². The number of rotatable bonds is 4. The summed E-state index contributed by atoms with van der Waals surface area (Å²) in [6.45, 7) is 1.20. The summed E-state index contributed by atoms with van der Waals surface area (Å²) in [5, 5.41) is 3.20. The Hall–Kier alpha value is 0.310. The Morgan fingerprint density at radius 3 is 2.73 bits per heavy atom. The van der Waals surface area contributed by atoms with E-state index in [0.29, 0.717) is 0 Å². The van der Waals surface area contributed by atoms with Crippen molar-refractivity contribution in [1.82, 2.24) is 5.32 Å². The molecule has 1 nitrogen and oxygen atoms in total. The molecule has 0 aromatic heterocycles. The van der Waals surface area contributed by atoms with Crippen LogP contribution in [0.15, 0.2) is 0 Å².